The van der Waals surface area contributed by atoms with Crippen molar-refractivity contribution in [2.75, 3.05) is 32.1 Å². The minimum absolute atomic E-state index is 0.744. The molecule has 1 rings (SSSR count). The Hall–Kier alpha value is 0.270. The molecule has 18 heavy (non-hydrogen) atoms. The molecule has 0 radical (unpaired) electrons. The molecule has 1 aliphatic rings. The lowest BCUT2D eigenvalue weighted by atomic mass is 9.87. The summed E-state index contributed by atoms with van der Waals surface area (Å²) in [6.45, 7) is 7.02. The highest BCUT2D eigenvalue weighted by atomic mass is 32.2. The third-order valence-electron chi connectivity index (χ3n) is 4.37. The molecular weight excluding hydrogens is 240 g/mol. The van der Waals surface area contributed by atoms with Crippen LogP contribution in [0.1, 0.15) is 46.0 Å². The summed E-state index contributed by atoms with van der Waals surface area (Å²) in [4.78, 5) is 2.52. The van der Waals surface area contributed by atoms with E-state index in [1.54, 1.807) is 0 Å². The van der Waals surface area contributed by atoms with Crippen LogP contribution < -0.4 is 5.32 Å². The van der Waals surface area contributed by atoms with E-state index in [9.17, 15) is 0 Å². The molecule has 0 aromatic rings. The zero-order valence-electron chi connectivity index (χ0n) is 12.7. The Kier molecular flexibility index (Phi) is 8.36. The van der Waals surface area contributed by atoms with Crippen LogP contribution in [0.4, 0.5) is 0 Å². The Labute approximate surface area is 118 Å². The monoisotopic (exact) mass is 272 g/mol. The van der Waals surface area contributed by atoms with Gasteiger partial charge in [-0.05, 0) is 51.3 Å². The minimum Gasteiger partial charge on any atom is -0.313 e. The summed E-state index contributed by atoms with van der Waals surface area (Å²) in [6.07, 6.45) is 9.06. The minimum atomic E-state index is 0.744. The van der Waals surface area contributed by atoms with Crippen molar-refractivity contribution in [3.05, 3.63) is 0 Å². The van der Waals surface area contributed by atoms with Crippen LogP contribution in [0, 0.1) is 5.92 Å². The van der Waals surface area contributed by atoms with Gasteiger partial charge in [0.2, 0.25) is 0 Å². The third kappa shape index (κ3) is 5.94. The number of rotatable bonds is 8. The molecule has 108 valence electrons. The second kappa shape index (κ2) is 9.22. The third-order valence-corrected chi connectivity index (χ3v) is 5.09. The molecule has 0 bridgehead atoms. The summed E-state index contributed by atoms with van der Waals surface area (Å²) in [5.74, 6) is 2.21. The zero-order valence-corrected chi connectivity index (χ0v) is 13.6. The smallest absolute Gasteiger partial charge is 0.0181 e. The van der Waals surface area contributed by atoms with Crippen LogP contribution in [-0.2, 0) is 0 Å². The lowest BCUT2D eigenvalue weighted by Crippen LogP contribution is -2.41. The van der Waals surface area contributed by atoms with Crippen LogP contribution >= 0.6 is 11.8 Å². The maximum absolute atomic E-state index is 3.75. The van der Waals surface area contributed by atoms with Crippen LogP contribution in [0.15, 0.2) is 0 Å². The fourth-order valence-electron chi connectivity index (χ4n) is 2.84. The van der Waals surface area contributed by atoms with Crippen molar-refractivity contribution in [2.24, 2.45) is 5.92 Å². The molecule has 1 saturated carbocycles. The molecule has 0 aliphatic heterocycles. The normalized spacial score (nSPS) is 26.5. The van der Waals surface area contributed by atoms with Gasteiger partial charge in [-0.1, -0.05) is 13.8 Å². The molecule has 1 atom stereocenters. The average Bonchev–Trinajstić information content (AvgIpc) is 2.38. The predicted molar refractivity (Wildman–Crippen MR) is 84.5 cm³/mol. The first kappa shape index (κ1) is 16.3. The van der Waals surface area contributed by atoms with Gasteiger partial charge < -0.3 is 10.2 Å². The van der Waals surface area contributed by atoms with Crippen molar-refractivity contribution < 1.29 is 0 Å². The second-order valence-corrected chi connectivity index (χ2v) is 6.82. The first-order valence-corrected chi connectivity index (χ1v) is 8.99. The van der Waals surface area contributed by atoms with E-state index in [1.807, 2.05) is 11.8 Å². The molecule has 0 aromatic heterocycles. The summed E-state index contributed by atoms with van der Waals surface area (Å²) < 4.78 is 0. The van der Waals surface area contributed by atoms with E-state index in [0.29, 0.717) is 0 Å². The predicted octanol–water partition coefficient (Wildman–Crippen LogP) is 3.23. The van der Waals surface area contributed by atoms with Crippen LogP contribution in [0.2, 0.25) is 0 Å². The van der Waals surface area contributed by atoms with Crippen LogP contribution in [0.25, 0.3) is 0 Å². The quantitative estimate of drug-likeness (QED) is 0.730. The summed E-state index contributed by atoms with van der Waals surface area (Å²) in [5, 5.41) is 3.75. The van der Waals surface area contributed by atoms with Gasteiger partial charge in [0.05, 0.1) is 0 Å². The van der Waals surface area contributed by atoms with Crippen LogP contribution in [-0.4, -0.2) is 49.1 Å². The topological polar surface area (TPSA) is 15.3 Å². The van der Waals surface area contributed by atoms with E-state index in [0.717, 1.165) is 24.5 Å². The lowest BCUT2D eigenvalue weighted by molar-refractivity contribution is 0.241. The molecule has 0 saturated heterocycles. The molecule has 2 nitrogen and oxygen atoms in total. The molecule has 1 fully saturated rings. The largest absolute Gasteiger partial charge is 0.313 e. The van der Waals surface area contributed by atoms with Gasteiger partial charge in [-0.15, -0.1) is 0 Å². The second-order valence-electron chi connectivity index (χ2n) is 5.91. The molecule has 0 aromatic carbocycles. The number of nitrogens with zero attached hydrogens (tertiary/aromatic N) is 1. The SMILES string of the molecule is CCC(CSC)N(C)CCNC1CCC(C)CC1. The van der Waals surface area contributed by atoms with Crippen molar-refractivity contribution >= 4 is 11.8 Å². The molecule has 1 aliphatic carbocycles. The van der Waals surface area contributed by atoms with E-state index < -0.39 is 0 Å². The van der Waals surface area contributed by atoms with Gasteiger partial charge >= 0.3 is 0 Å². The summed E-state index contributed by atoms with van der Waals surface area (Å²) in [7, 11) is 2.27. The number of likely N-dealkylation sites (N-methyl/N-ethyl adjacent to an activating group) is 1. The van der Waals surface area contributed by atoms with Crippen molar-refractivity contribution in [1.29, 1.82) is 0 Å². The maximum Gasteiger partial charge on any atom is 0.0181 e. The van der Waals surface area contributed by atoms with Crippen LogP contribution in [0.3, 0.4) is 0 Å². The molecular formula is C15H32N2S. The molecule has 0 spiro atoms. The van der Waals surface area contributed by atoms with Crippen molar-refractivity contribution in [3.63, 3.8) is 0 Å². The highest BCUT2D eigenvalue weighted by Gasteiger charge is 2.18. The van der Waals surface area contributed by atoms with Gasteiger partial charge in [-0.25, -0.2) is 0 Å². The van der Waals surface area contributed by atoms with Gasteiger partial charge in [0.15, 0.2) is 0 Å². The van der Waals surface area contributed by atoms with Gasteiger partial charge in [-0.2, -0.15) is 11.8 Å². The van der Waals surface area contributed by atoms with Gasteiger partial charge in [0.1, 0.15) is 0 Å². The first-order chi connectivity index (χ1) is 8.67. The van der Waals surface area contributed by atoms with Gasteiger partial charge in [-0.3, -0.25) is 0 Å². The number of hydrogen-bond donors (Lipinski definition) is 1. The van der Waals surface area contributed by atoms with Crippen molar-refractivity contribution in [2.45, 2.75) is 58.0 Å². The first-order valence-electron chi connectivity index (χ1n) is 7.59. The van der Waals surface area contributed by atoms with E-state index in [-0.39, 0.29) is 0 Å². The number of thioether (sulfide) groups is 1. The molecule has 0 amide bonds. The summed E-state index contributed by atoms with van der Waals surface area (Å²) in [5.41, 5.74) is 0. The molecule has 1 N–H and O–H groups in total. The van der Waals surface area contributed by atoms with E-state index >= 15 is 0 Å². The summed E-state index contributed by atoms with van der Waals surface area (Å²) >= 11 is 1.96. The molecule has 1 unspecified atom stereocenters. The summed E-state index contributed by atoms with van der Waals surface area (Å²) in [6, 6.07) is 1.53. The number of nitrogens with one attached hydrogen (secondary N) is 1. The van der Waals surface area contributed by atoms with Crippen LogP contribution in [0.5, 0.6) is 0 Å². The number of hydrogen-bond acceptors (Lipinski definition) is 3. The zero-order chi connectivity index (χ0) is 13.4. The fraction of sp³-hybridized carbons (Fsp3) is 1.00. The highest BCUT2D eigenvalue weighted by molar-refractivity contribution is 7.98. The van der Waals surface area contributed by atoms with Crippen molar-refractivity contribution in [1.82, 2.24) is 10.2 Å². The Morgan fingerprint density at radius 1 is 1.28 bits per heavy atom. The maximum atomic E-state index is 3.75. The Balaban J connectivity index is 2.12. The van der Waals surface area contributed by atoms with Gasteiger partial charge in [0, 0.05) is 30.9 Å². The Bertz CT molecular complexity index is 203. The van der Waals surface area contributed by atoms with E-state index in [2.05, 4.69) is 37.4 Å². The molecule has 3 heteroatoms. The van der Waals surface area contributed by atoms with Gasteiger partial charge in [0.25, 0.3) is 0 Å². The highest BCUT2D eigenvalue weighted by Crippen LogP contribution is 2.23. The van der Waals surface area contributed by atoms with E-state index in [1.165, 1.54) is 44.4 Å². The Morgan fingerprint density at radius 3 is 2.50 bits per heavy atom. The molecule has 0 heterocycles. The Morgan fingerprint density at radius 2 is 1.94 bits per heavy atom. The lowest BCUT2D eigenvalue weighted by Gasteiger charge is -2.30. The van der Waals surface area contributed by atoms with Crippen molar-refractivity contribution in [3.8, 4) is 0 Å². The fourth-order valence-corrected chi connectivity index (χ4v) is 3.72. The standard InChI is InChI=1S/C15H32N2S/c1-5-15(12-18-4)17(3)11-10-16-14-8-6-13(2)7-9-14/h13-16H,5-12H2,1-4H3. The van der Waals surface area contributed by atoms with E-state index in [4.69, 9.17) is 0 Å². The average molecular weight is 273 g/mol.